The van der Waals surface area contributed by atoms with E-state index < -0.39 is 29.1 Å². The highest BCUT2D eigenvalue weighted by atomic mass is 16.6. The molecular weight excluding hydrogens is 324 g/mol. The van der Waals surface area contributed by atoms with Gasteiger partial charge in [-0.2, -0.15) is 0 Å². The molecule has 0 saturated heterocycles. The van der Waals surface area contributed by atoms with Gasteiger partial charge in [0.25, 0.3) is 0 Å². The molecule has 0 radical (unpaired) electrons. The van der Waals surface area contributed by atoms with Gasteiger partial charge in [-0.15, -0.1) is 0 Å². The Kier molecular flexibility index (Phi) is 3.95. The minimum Gasteiger partial charge on any atom is -0.456 e. The van der Waals surface area contributed by atoms with Crippen molar-refractivity contribution in [1.82, 2.24) is 0 Å². The molecule has 1 saturated carbocycles. The Morgan fingerprint density at radius 2 is 2.04 bits per heavy atom. The van der Waals surface area contributed by atoms with Gasteiger partial charge in [0.15, 0.2) is 11.4 Å². The summed E-state index contributed by atoms with van der Waals surface area (Å²) in [4.78, 5) is 37.0. The van der Waals surface area contributed by atoms with Crippen molar-refractivity contribution in [2.75, 3.05) is 0 Å². The summed E-state index contributed by atoms with van der Waals surface area (Å²) < 4.78 is 11.0. The second-order valence-electron chi connectivity index (χ2n) is 7.82. The van der Waals surface area contributed by atoms with Crippen LogP contribution in [0.4, 0.5) is 0 Å². The Bertz CT molecular complexity index is 730. The van der Waals surface area contributed by atoms with E-state index in [1.165, 1.54) is 6.08 Å². The smallest absolute Gasteiger partial charge is 0.339 e. The molecule has 0 spiro atoms. The average Bonchev–Trinajstić information content (AvgIpc) is 2.81. The van der Waals surface area contributed by atoms with Crippen LogP contribution in [-0.4, -0.2) is 34.5 Å². The van der Waals surface area contributed by atoms with E-state index >= 15 is 0 Å². The Balaban J connectivity index is 2.24. The van der Waals surface area contributed by atoms with Crippen LogP contribution in [-0.2, 0) is 23.9 Å². The Morgan fingerprint density at radius 1 is 1.40 bits per heavy atom. The molecule has 6 nitrogen and oxygen atoms in total. The largest absolute Gasteiger partial charge is 0.456 e. The Morgan fingerprint density at radius 3 is 2.64 bits per heavy atom. The van der Waals surface area contributed by atoms with Crippen molar-refractivity contribution in [3.8, 4) is 0 Å². The number of Topliss-reactive ketones (excluding diaryl/α,β-unsaturated/α-hetero) is 1. The molecule has 1 heterocycles. The van der Waals surface area contributed by atoms with Gasteiger partial charge in [0.1, 0.15) is 11.9 Å². The van der Waals surface area contributed by atoms with E-state index in [0.29, 0.717) is 17.6 Å². The predicted molar refractivity (Wildman–Crippen MR) is 88.1 cm³/mol. The second-order valence-corrected chi connectivity index (χ2v) is 7.82. The number of carbonyl (C=O) groups excluding carboxylic acids is 3. The summed E-state index contributed by atoms with van der Waals surface area (Å²) in [5, 5.41) is 11.3. The van der Waals surface area contributed by atoms with Gasteiger partial charge in [0.2, 0.25) is 0 Å². The lowest BCUT2D eigenvalue weighted by molar-refractivity contribution is -0.190. The van der Waals surface area contributed by atoms with Crippen LogP contribution < -0.4 is 0 Å². The minimum absolute atomic E-state index is 0.103. The molecule has 1 aliphatic heterocycles. The van der Waals surface area contributed by atoms with Crippen molar-refractivity contribution in [3.05, 3.63) is 23.0 Å². The third-order valence-corrected chi connectivity index (χ3v) is 6.11. The number of rotatable bonds is 2. The summed E-state index contributed by atoms with van der Waals surface area (Å²) in [5.74, 6) is -1.68. The van der Waals surface area contributed by atoms with Crippen molar-refractivity contribution in [3.63, 3.8) is 0 Å². The quantitative estimate of drug-likeness (QED) is 0.768. The van der Waals surface area contributed by atoms with Crippen molar-refractivity contribution in [1.29, 1.82) is 0 Å². The van der Waals surface area contributed by atoms with Crippen LogP contribution in [0.5, 0.6) is 0 Å². The summed E-state index contributed by atoms with van der Waals surface area (Å²) in [6.45, 7) is 8.72. The molecule has 1 N–H and O–H groups in total. The maximum Gasteiger partial charge on any atom is 0.339 e. The normalized spacial score (nSPS) is 37.5. The first kappa shape index (κ1) is 17.9. The predicted octanol–water partition coefficient (Wildman–Crippen LogP) is 2.06. The molecule has 2 aliphatic carbocycles. The van der Waals surface area contributed by atoms with Crippen LogP contribution in [0, 0.1) is 17.3 Å². The van der Waals surface area contributed by atoms with Gasteiger partial charge in [0, 0.05) is 17.6 Å². The van der Waals surface area contributed by atoms with Crippen LogP contribution in [0.1, 0.15) is 47.5 Å². The number of ether oxygens (including phenoxy) is 2. The molecule has 0 aromatic heterocycles. The molecular formula is C19H24O6. The molecule has 4 atom stereocenters. The highest BCUT2D eigenvalue weighted by Crippen LogP contribution is 2.57. The number of fused-ring (bicyclic) bond motifs is 2. The summed E-state index contributed by atoms with van der Waals surface area (Å²) in [7, 11) is 0. The fourth-order valence-electron chi connectivity index (χ4n) is 4.09. The van der Waals surface area contributed by atoms with Crippen molar-refractivity contribution >= 4 is 17.7 Å². The monoisotopic (exact) mass is 348 g/mol. The number of ketones is 1. The highest BCUT2D eigenvalue weighted by Gasteiger charge is 2.66. The maximum absolute atomic E-state index is 12.6. The second kappa shape index (κ2) is 5.53. The molecule has 6 heteroatoms. The van der Waals surface area contributed by atoms with E-state index in [-0.39, 0.29) is 29.8 Å². The lowest BCUT2D eigenvalue weighted by Gasteiger charge is -2.55. The Hall–Kier alpha value is -1.95. The highest BCUT2D eigenvalue weighted by molar-refractivity contribution is 5.97. The molecule has 3 rings (SSSR count). The van der Waals surface area contributed by atoms with E-state index in [0.717, 1.165) is 0 Å². The van der Waals surface area contributed by atoms with Crippen LogP contribution in [0.25, 0.3) is 0 Å². The van der Waals surface area contributed by atoms with Gasteiger partial charge in [-0.25, -0.2) is 4.79 Å². The standard InChI is InChI=1S/C19H24O6/c1-9(2)16(21)25-15-14-11(4)17(22)24-12(14)8-19(23)13(20)7-6-10(3)18(15,19)5/h8-10,15,23H,6-7H2,1-5H3/t10-,15+,18-,19-/m1/s1. The van der Waals surface area contributed by atoms with Gasteiger partial charge in [-0.3, -0.25) is 9.59 Å². The number of hydrogen-bond donors (Lipinski definition) is 1. The summed E-state index contributed by atoms with van der Waals surface area (Å²) in [5.41, 5.74) is -2.09. The number of hydrogen-bond acceptors (Lipinski definition) is 6. The topological polar surface area (TPSA) is 89.9 Å². The third-order valence-electron chi connectivity index (χ3n) is 6.11. The average molecular weight is 348 g/mol. The third kappa shape index (κ3) is 2.23. The molecule has 1 fully saturated rings. The van der Waals surface area contributed by atoms with Crippen molar-refractivity contribution in [2.45, 2.75) is 59.2 Å². The number of esters is 2. The van der Waals surface area contributed by atoms with Gasteiger partial charge in [-0.05, 0) is 25.3 Å². The zero-order valence-electron chi connectivity index (χ0n) is 15.2. The summed E-state index contributed by atoms with van der Waals surface area (Å²) in [6, 6.07) is 0. The zero-order chi connectivity index (χ0) is 18.7. The summed E-state index contributed by atoms with van der Waals surface area (Å²) in [6.07, 6.45) is 1.23. The Labute approximate surface area is 146 Å². The molecule has 136 valence electrons. The van der Waals surface area contributed by atoms with Crippen LogP contribution in [0.3, 0.4) is 0 Å². The van der Waals surface area contributed by atoms with Gasteiger partial charge in [0.05, 0.1) is 11.3 Å². The molecule has 0 amide bonds. The van der Waals surface area contributed by atoms with Crippen molar-refractivity contribution < 1.29 is 29.0 Å². The maximum atomic E-state index is 12.6. The van der Waals surface area contributed by atoms with Crippen LogP contribution in [0.2, 0.25) is 0 Å². The first-order chi connectivity index (χ1) is 11.5. The van der Waals surface area contributed by atoms with E-state index in [1.54, 1.807) is 27.7 Å². The number of carbonyl (C=O) groups is 3. The number of aliphatic hydroxyl groups is 1. The van der Waals surface area contributed by atoms with E-state index in [9.17, 15) is 19.5 Å². The lowest BCUT2D eigenvalue weighted by atomic mass is 9.52. The van der Waals surface area contributed by atoms with E-state index in [4.69, 9.17) is 9.47 Å². The van der Waals surface area contributed by atoms with Crippen LogP contribution >= 0.6 is 0 Å². The van der Waals surface area contributed by atoms with Gasteiger partial charge < -0.3 is 14.6 Å². The molecule has 25 heavy (non-hydrogen) atoms. The molecule has 0 aromatic carbocycles. The van der Waals surface area contributed by atoms with Gasteiger partial charge in [-0.1, -0.05) is 27.7 Å². The minimum atomic E-state index is -1.84. The van der Waals surface area contributed by atoms with E-state index in [2.05, 4.69) is 0 Å². The fraction of sp³-hybridized carbons (Fsp3) is 0.632. The molecule has 0 aromatic rings. The SMILES string of the molecule is CC1=C2C(=C[C@@]3(O)C(=O)CC[C@@H](C)[C@]3(C)[C@H]2OC(=O)C(C)C)OC1=O. The fourth-order valence-corrected chi connectivity index (χ4v) is 4.09. The van der Waals surface area contributed by atoms with Crippen LogP contribution in [0.15, 0.2) is 23.0 Å². The van der Waals surface area contributed by atoms with Gasteiger partial charge >= 0.3 is 11.9 Å². The van der Waals surface area contributed by atoms with E-state index in [1.807, 2.05) is 6.92 Å². The summed E-state index contributed by atoms with van der Waals surface area (Å²) >= 11 is 0. The molecule has 0 bridgehead atoms. The molecule has 0 unspecified atom stereocenters. The molecule has 3 aliphatic rings. The zero-order valence-corrected chi connectivity index (χ0v) is 15.2. The first-order valence-electron chi connectivity index (χ1n) is 8.66. The first-order valence-corrected chi connectivity index (χ1v) is 8.66. The lowest BCUT2D eigenvalue weighted by Crippen LogP contribution is -2.65. The van der Waals surface area contributed by atoms with Crippen molar-refractivity contribution in [2.24, 2.45) is 17.3 Å².